The number of carbonyl (C=O) groups is 1. The average molecular weight is 262 g/mol. The van der Waals surface area contributed by atoms with Crippen LogP contribution in [0.4, 0.5) is 0 Å². The molecule has 1 N–H and O–H groups in total. The van der Waals surface area contributed by atoms with Gasteiger partial charge in [0.25, 0.3) is 0 Å². The molecule has 0 aromatic heterocycles. The van der Waals surface area contributed by atoms with Gasteiger partial charge in [0.05, 0.1) is 6.07 Å². The second kappa shape index (κ2) is 6.41. The Bertz CT molecular complexity index is 346. The zero-order valence-electron chi connectivity index (χ0n) is 12.1. The molecule has 3 heteroatoms. The molecule has 0 spiro atoms. The van der Waals surface area contributed by atoms with Crippen LogP contribution in [0.5, 0.6) is 0 Å². The van der Waals surface area contributed by atoms with Crippen LogP contribution in [0.25, 0.3) is 0 Å². The van der Waals surface area contributed by atoms with Crippen molar-refractivity contribution < 1.29 is 4.79 Å². The van der Waals surface area contributed by atoms with Gasteiger partial charge in [-0.3, -0.25) is 4.79 Å². The Morgan fingerprint density at radius 2 is 1.74 bits per heavy atom. The maximum Gasteiger partial charge on any atom is 0.226 e. The molecule has 1 atom stereocenters. The van der Waals surface area contributed by atoms with E-state index in [4.69, 9.17) is 0 Å². The van der Waals surface area contributed by atoms with E-state index < -0.39 is 0 Å². The second-order valence-electron chi connectivity index (χ2n) is 6.60. The second-order valence-corrected chi connectivity index (χ2v) is 6.60. The van der Waals surface area contributed by atoms with Crippen molar-refractivity contribution >= 4 is 5.91 Å². The maximum absolute atomic E-state index is 12.5. The topological polar surface area (TPSA) is 52.9 Å². The standard InChI is InChI=1S/C16H26N2O/c1-16(10-6-3-7-11-16)15(19)18-14(12-17)13-8-4-2-5-9-13/h13-14H,2-11H2,1H3,(H,18,19). The maximum atomic E-state index is 12.5. The van der Waals surface area contributed by atoms with E-state index in [1.165, 1.54) is 25.7 Å². The molecule has 0 radical (unpaired) electrons. The highest BCUT2D eigenvalue weighted by molar-refractivity contribution is 5.82. The predicted molar refractivity (Wildman–Crippen MR) is 75.3 cm³/mol. The van der Waals surface area contributed by atoms with Gasteiger partial charge in [0.2, 0.25) is 5.91 Å². The van der Waals surface area contributed by atoms with Crippen LogP contribution in [-0.2, 0) is 4.79 Å². The summed E-state index contributed by atoms with van der Waals surface area (Å²) in [4.78, 5) is 12.5. The van der Waals surface area contributed by atoms with Crippen molar-refractivity contribution in [2.24, 2.45) is 11.3 Å². The van der Waals surface area contributed by atoms with E-state index in [-0.39, 0.29) is 17.4 Å². The van der Waals surface area contributed by atoms with E-state index in [1.807, 2.05) is 0 Å². The molecule has 19 heavy (non-hydrogen) atoms. The lowest BCUT2D eigenvalue weighted by molar-refractivity contribution is -0.132. The molecule has 0 saturated heterocycles. The Balaban J connectivity index is 1.93. The molecular formula is C16H26N2O. The minimum Gasteiger partial charge on any atom is -0.340 e. The van der Waals surface area contributed by atoms with E-state index in [0.29, 0.717) is 5.92 Å². The molecule has 2 saturated carbocycles. The first-order valence-corrected chi connectivity index (χ1v) is 7.86. The van der Waals surface area contributed by atoms with Gasteiger partial charge in [-0.2, -0.15) is 5.26 Å². The molecule has 0 aromatic rings. The van der Waals surface area contributed by atoms with Gasteiger partial charge in [0.1, 0.15) is 6.04 Å². The van der Waals surface area contributed by atoms with Crippen molar-refractivity contribution in [2.75, 3.05) is 0 Å². The van der Waals surface area contributed by atoms with Crippen molar-refractivity contribution in [3.63, 3.8) is 0 Å². The minimum atomic E-state index is -0.272. The summed E-state index contributed by atoms with van der Waals surface area (Å²) in [6.45, 7) is 2.07. The molecule has 2 aliphatic carbocycles. The van der Waals surface area contributed by atoms with Crippen LogP contribution in [0.2, 0.25) is 0 Å². The SMILES string of the molecule is CC1(C(=O)NC(C#N)C2CCCCC2)CCCCC1. The van der Waals surface area contributed by atoms with Crippen molar-refractivity contribution in [3.8, 4) is 6.07 Å². The predicted octanol–water partition coefficient (Wildman–Crippen LogP) is 3.55. The molecule has 0 bridgehead atoms. The lowest BCUT2D eigenvalue weighted by atomic mass is 9.74. The van der Waals surface area contributed by atoms with Gasteiger partial charge >= 0.3 is 0 Å². The number of hydrogen-bond acceptors (Lipinski definition) is 2. The van der Waals surface area contributed by atoms with E-state index in [9.17, 15) is 10.1 Å². The van der Waals surface area contributed by atoms with E-state index in [2.05, 4.69) is 18.3 Å². The normalized spacial score (nSPS) is 25.3. The van der Waals surface area contributed by atoms with E-state index in [1.54, 1.807) is 0 Å². The van der Waals surface area contributed by atoms with Crippen LogP contribution < -0.4 is 5.32 Å². The molecule has 2 aliphatic rings. The van der Waals surface area contributed by atoms with Crippen LogP contribution in [0.1, 0.15) is 71.1 Å². The number of carbonyl (C=O) groups excluding carboxylic acids is 1. The molecule has 3 nitrogen and oxygen atoms in total. The van der Waals surface area contributed by atoms with Gasteiger partial charge in [-0.1, -0.05) is 45.4 Å². The molecule has 0 heterocycles. The summed E-state index contributed by atoms with van der Waals surface area (Å²) in [6, 6.07) is 2.06. The quantitative estimate of drug-likeness (QED) is 0.845. The first-order chi connectivity index (χ1) is 9.15. The van der Waals surface area contributed by atoms with Gasteiger partial charge in [0.15, 0.2) is 0 Å². The molecule has 2 rings (SSSR count). The third-order valence-corrected chi connectivity index (χ3v) is 5.05. The van der Waals surface area contributed by atoms with Gasteiger partial charge < -0.3 is 5.32 Å². The van der Waals surface area contributed by atoms with Gasteiger partial charge in [-0.05, 0) is 31.6 Å². The highest BCUT2D eigenvalue weighted by Gasteiger charge is 2.36. The molecule has 0 aromatic carbocycles. The van der Waals surface area contributed by atoms with E-state index >= 15 is 0 Å². The summed E-state index contributed by atoms with van der Waals surface area (Å²) in [5.74, 6) is 0.485. The smallest absolute Gasteiger partial charge is 0.226 e. The summed E-state index contributed by atoms with van der Waals surface area (Å²) >= 11 is 0. The zero-order valence-corrected chi connectivity index (χ0v) is 12.1. The first kappa shape index (κ1) is 14.4. The highest BCUT2D eigenvalue weighted by Crippen LogP contribution is 2.36. The third kappa shape index (κ3) is 3.49. The number of rotatable bonds is 3. The van der Waals surface area contributed by atoms with Gasteiger partial charge in [-0.15, -0.1) is 0 Å². The van der Waals surface area contributed by atoms with Crippen LogP contribution in [0.15, 0.2) is 0 Å². The van der Waals surface area contributed by atoms with Gasteiger partial charge in [-0.25, -0.2) is 0 Å². The summed E-state index contributed by atoms with van der Waals surface area (Å²) in [5, 5.41) is 12.4. The van der Waals surface area contributed by atoms with Crippen molar-refractivity contribution in [3.05, 3.63) is 0 Å². The Kier molecular flexibility index (Phi) is 4.85. The van der Waals surface area contributed by atoms with Crippen LogP contribution in [0.3, 0.4) is 0 Å². The van der Waals surface area contributed by atoms with Crippen molar-refractivity contribution in [1.29, 1.82) is 5.26 Å². The fourth-order valence-electron chi connectivity index (χ4n) is 3.60. The number of hydrogen-bond donors (Lipinski definition) is 1. The lowest BCUT2D eigenvalue weighted by Crippen LogP contribution is -2.47. The molecule has 1 unspecified atom stereocenters. The molecule has 2 fully saturated rings. The van der Waals surface area contributed by atoms with Crippen molar-refractivity contribution in [1.82, 2.24) is 5.32 Å². The molecule has 0 aliphatic heterocycles. The number of amides is 1. The van der Waals surface area contributed by atoms with Crippen molar-refractivity contribution in [2.45, 2.75) is 77.2 Å². The number of nitrogens with one attached hydrogen (secondary N) is 1. The van der Waals surface area contributed by atoms with Crippen LogP contribution >= 0.6 is 0 Å². The zero-order chi connectivity index (χ0) is 13.7. The Morgan fingerprint density at radius 1 is 1.16 bits per heavy atom. The minimum absolute atomic E-state index is 0.115. The summed E-state index contributed by atoms with van der Waals surface area (Å²) in [6.07, 6.45) is 11.3. The highest BCUT2D eigenvalue weighted by atomic mass is 16.2. The number of nitriles is 1. The third-order valence-electron chi connectivity index (χ3n) is 5.05. The summed E-state index contributed by atoms with van der Waals surface area (Å²) in [7, 11) is 0. The average Bonchev–Trinajstić information content (AvgIpc) is 2.46. The Hall–Kier alpha value is -1.04. The summed E-state index contributed by atoms with van der Waals surface area (Å²) < 4.78 is 0. The Labute approximate surface area is 116 Å². The van der Waals surface area contributed by atoms with Crippen LogP contribution in [-0.4, -0.2) is 11.9 Å². The lowest BCUT2D eigenvalue weighted by Gasteiger charge is -2.34. The monoisotopic (exact) mass is 262 g/mol. The summed E-state index contributed by atoms with van der Waals surface area (Å²) in [5.41, 5.74) is -0.234. The Morgan fingerprint density at radius 3 is 2.32 bits per heavy atom. The first-order valence-electron chi connectivity index (χ1n) is 7.86. The fraction of sp³-hybridized carbons (Fsp3) is 0.875. The number of nitrogens with zero attached hydrogens (tertiary/aromatic N) is 1. The largest absolute Gasteiger partial charge is 0.340 e. The molecule has 106 valence electrons. The molecule has 1 amide bonds. The molecular weight excluding hydrogens is 236 g/mol. The fourth-order valence-corrected chi connectivity index (χ4v) is 3.60. The van der Waals surface area contributed by atoms with E-state index in [0.717, 1.165) is 38.5 Å². The van der Waals surface area contributed by atoms with Crippen LogP contribution in [0, 0.1) is 22.7 Å². The van der Waals surface area contributed by atoms with Gasteiger partial charge in [0, 0.05) is 5.41 Å².